The predicted molar refractivity (Wildman–Crippen MR) is 120 cm³/mol. The smallest absolute Gasteiger partial charge is 0.335 e. The number of sulfonamides is 1. The summed E-state index contributed by atoms with van der Waals surface area (Å²) in [6, 6.07) is 18.9. The minimum Gasteiger partial charge on any atom is -0.487 e. The number of ether oxygens (including phenoxy) is 1. The maximum absolute atomic E-state index is 13.4. The third-order valence-corrected chi connectivity index (χ3v) is 6.76. The first-order valence-electron chi connectivity index (χ1n) is 9.54. The highest BCUT2D eigenvalue weighted by atomic mass is 35.5. The zero-order valence-electron chi connectivity index (χ0n) is 17.0. The normalized spacial score (nSPS) is 11.4. The molecule has 162 valence electrons. The first-order valence-corrected chi connectivity index (χ1v) is 11.4. The molecule has 0 saturated carbocycles. The van der Waals surface area contributed by atoms with Crippen LogP contribution in [-0.2, 0) is 16.6 Å². The molecule has 3 rings (SSSR count). The number of anilines is 1. The molecule has 0 unspecified atom stereocenters. The summed E-state index contributed by atoms with van der Waals surface area (Å²) in [6.45, 7) is 3.68. The van der Waals surface area contributed by atoms with Gasteiger partial charge in [0.2, 0.25) is 0 Å². The molecule has 8 heteroatoms. The van der Waals surface area contributed by atoms with Gasteiger partial charge in [0.15, 0.2) is 0 Å². The van der Waals surface area contributed by atoms with Gasteiger partial charge in [-0.05, 0) is 55.8 Å². The fourth-order valence-electron chi connectivity index (χ4n) is 3.08. The third-order valence-electron chi connectivity index (χ3n) is 4.52. The van der Waals surface area contributed by atoms with Crippen LogP contribution in [0.2, 0.25) is 5.02 Å². The van der Waals surface area contributed by atoms with Crippen LogP contribution in [0.4, 0.5) is 5.69 Å². The van der Waals surface area contributed by atoms with E-state index in [1.54, 1.807) is 74.5 Å². The maximum Gasteiger partial charge on any atom is 0.335 e. The Morgan fingerprint density at radius 2 is 1.68 bits per heavy atom. The number of carboxylic acid groups (broad SMARTS) is 1. The lowest BCUT2D eigenvalue weighted by Crippen LogP contribution is -2.37. The summed E-state index contributed by atoms with van der Waals surface area (Å²) in [7, 11) is -3.84. The summed E-state index contributed by atoms with van der Waals surface area (Å²) >= 11 is 6.16. The maximum atomic E-state index is 13.4. The topological polar surface area (TPSA) is 83.9 Å². The van der Waals surface area contributed by atoms with Crippen molar-refractivity contribution in [2.75, 3.05) is 4.31 Å². The van der Waals surface area contributed by atoms with Crippen molar-refractivity contribution in [2.24, 2.45) is 0 Å². The molecule has 0 fully saturated rings. The Balaban J connectivity index is 1.96. The Morgan fingerprint density at radius 1 is 1.03 bits per heavy atom. The van der Waals surface area contributed by atoms with Gasteiger partial charge in [-0.3, -0.25) is 4.31 Å². The summed E-state index contributed by atoms with van der Waals surface area (Å²) in [5.41, 5.74) is 1.27. The monoisotopic (exact) mass is 459 g/mol. The van der Waals surface area contributed by atoms with Crippen molar-refractivity contribution in [1.29, 1.82) is 0 Å². The van der Waals surface area contributed by atoms with Crippen molar-refractivity contribution in [2.45, 2.75) is 31.4 Å². The number of rotatable bonds is 8. The van der Waals surface area contributed by atoms with Gasteiger partial charge in [0.25, 0.3) is 10.0 Å². The van der Waals surface area contributed by atoms with E-state index in [1.165, 1.54) is 16.4 Å². The van der Waals surface area contributed by atoms with E-state index in [1.807, 2.05) is 0 Å². The Bertz CT molecular complexity index is 1160. The van der Waals surface area contributed by atoms with Gasteiger partial charge in [0.05, 0.1) is 16.1 Å². The molecule has 0 radical (unpaired) electrons. The zero-order chi connectivity index (χ0) is 22.6. The van der Waals surface area contributed by atoms with Crippen molar-refractivity contribution >= 4 is 33.3 Å². The number of hydrogen-bond acceptors (Lipinski definition) is 4. The van der Waals surface area contributed by atoms with Crippen LogP contribution in [0.15, 0.2) is 77.7 Å². The van der Waals surface area contributed by atoms with E-state index < -0.39 is 16.0 Å². The van der Waals surface area contributed by atoms with E-state index >= 15 is 0 Å². The molecular formula is C23H22ClNO5S. The molecule has 0 aromatic heterocycles. The van der Waals surface area contributed by atoms with E-state index in [-0.39, 0.29) is 23.1 Å². The fourth-order valence-corrected chi connectivity index (χ4v) is 4.94. The van der Waals surface area contributed by atoms with Gasteiger partial charge in [0.1, 0.15) is 12.4 Å². The molecule has 0 saturated heterocycles. The van der Waals surface area contributed by atoms with Crippen LogP contribution < -0.4 is 9.04 Å². The van der Waals surface area contributed by atoms with Crippen LogP contribution in [0.3, 0.4) is 0 Å². The highest BCUT2D eigenvalue weighted by Gasteiger charge is 2.29. The van der Waals surface area contributed by atoms with Crippen molar-refractivity contribution in [1.82, 2.24) is 0 Å². The highest BCUT2D eigenvalue weighted by Crippen LogP contribution is 2.36. The molecule has 0 aliphatic rings. The summed E-state index contributed by atoms with van der Waals surface area (Å²) in [5, 5.41) is 9.43. The van der Waals surface area contributed by atoms with Crippen LogP contribution in [0.25, 0.3) is 0 Å². The average molecular weight is 460 g/mol. The van der Waals surface area contributed by atoms with Crippen LogP contribution in [-0.4, -0.2) is 25.5 Å². The van der Waals surface area contributed by atoms with Gasteiger partial charge in [-0.25, -0.2) is 13.2 Å². The number of carbonyl (C=O) groups is 1. The molecule has 3 aromatic carbocycles. The summed E-state index contributed by atoms with van der Waals surface area (Å²) in [6.07, 6.45) is 0. The second kappa shape index (κ2) is 9.41. The molecule has 0 spiro atoms. The molecule has 3 aromatic rings. The summed E-state index contributed by atoms with van der Waals surface area (Å²) in [5.74, 6) is -0.702. The number of nitrogens with zero attached hydrogens (tertiary/aromatic N) is 1. The lowest BCUT2D eigenvalue weighted by molar-refractivity contribution is 0.0697. The molecule has 0 aliphatic carbocycles. The Labute approximate surface area is 186 Å². The van der Waals surface area contributed by atoms with Crippen molar-refractivity contribution < 1.29 is 23.1 Å². The average Bonchev–Trinajstić information content (AvgIpc) is 2.74. The minimum absolute atomic E-state index is 0.116. The minimum atomic E-state index is -3.84. The molecule has 6 nitrogen and oxygen atoms in total. The molecule has 0 heterocycles. The number of hydrogen-bond donors (Lipinski definition) is 1. The highest BCUT2D eigenvalue weighted by molar-refractivity contribution is 7.92. The van der Waals surface area contributed by atoms with E-state index in [0.717, 1.165) is 5.56 Å². The second-order valence-corrected chi connectivity index (χ2v) is 9.36. The predicted octanol–water partition coefficient (Wildman–Crippen LogP) is 5.22. The van der Waals surface area contributed by atoms with E-state index in [2.05, 4.69) is 0 Å². The molecule has 1 N–H and O–H groups in total. The zero-order valence-corrected chi connectivity index (χ0v) is 18.6. The van der Waals surface area contributed by atoms with Gasteiger partial charge in [-0.1, -0.05) is 41.9 Å². The molecular weight excluding hydrogens is 438 g/mol. The van der Waals surface area contributed by atoms with E-state index in [9.17, 15) is 13.2 Å². The lowest BCUT2D eigenvalue weighted by Gasteiger charge is -2.30. The van der Waals surface area contributed by atoms with Crippen LogP contribution in [0.5, 0.6) is 5.75 Å². The first-order chi connectivity index (χ1) is 14.7. The fraction of sp³-hybridized carbons (Fsp3) is 0.174. The van der Waals surface area contributed by atoms with Gasteiger partial charge < -0.3 is 9.84 Å². The van der Waals surface area contributed by atoms with Crippen molar-refractivity contribution in [3.63, 3.8) is 0 Å². The van der Waals surface area contributed by atoms with Gasteiger partial charge in [0, 0.05) is 17.1 Å². The van der Waals surface area contributed by atoms with E-state index in [0.29, 0.717) is 16.5 Å². The molecule has 0 amide bonds. The Morgan fingerprint density at radius 3 is 2.26 bits per heavy atom. The molecule has 31 heavy (non-hydrogen) atoms. The lowest BCUT2D eigenvalue weighted by atomic mass is 10.1. The Kier molecular flexibility index (Phi) is 6.87. The number of aromatic carboxylic acids is 1. The van der Waals surface area contributed by atoms with Gasteiger partial charge in [-0.2, -0.15) is 0 Å². The van der Waals surface area contributed by atoms with Crippen molar-refractivity contribution in [3.8, 4) is 5.75 Å². The summed E-state index contributed by atoms with van der Waals surface area (Å²) < 4.78 is 34.0. The van der Waals surface area contributed by atoms with Crippen molar-refractivity contribution in [3.05, 3.63) is 88.9 Å². The van der Waals surface area contributed by atoms with Gasteiger partial charge >= 0.3 is 5.97 Å². The van der Waals surface area contributed by atoms with Crippen LogP contribution in [0.1, 0.15) is 29.8 Å². The number of benzene rings is 3. The van der Waals surface area contributed by atoms with Crippen LogP contribution >= 0.6 is 11.6 Å². The van der Waals surface area contributed by atoms with E-state index in [4.69, 9.17) is 21.4 Å². The SMILES string of the molecule is CC(C)N(c1ccc(Cl)cc1OCc1ccc(C(=O)O)cc1)S(=O)(=O)c1ccccc1. The second-order valence-electron chi connectivity index (χ2n) is 7.11. The quantitative estimate of drug-likeness (QED) is 0.499. The molecule has 0 bridgehead atoms. The largest absolute Gasteiger partial charge is 0.487 e. The summed E-state index contributed by atoms with van der Waals surface area (Å²) in [4.78, 5) is 11.2. The first kappa shape index (κ1) is 22.7. The standard InChI is InChI=1S/C23H22ClNO5S/c1-16(2)25(31(28,29)20-6-4-3-5-7-20)21-13-12-19(24)14-22(21)30-15-17-8-10-18(11-9-17)23(26)27/h3-14,16H,15H2,1-2H3,(H,26,27). The Hall–Kier alpha value is -3.03. The third kappa shape index (κ3) is 5.18. The number of halogens is 1. The molecule has 0 aliphatic heterocycles. The number of carboxylic acids is 1. The molecule has 0 atom stereocenters. The van der Waals surface area contributed by atoms with Gasteiger partial charge in [-0.15, -0.1) is 0 Å². The van der Waals surface area contributed by atoms with Crippen LogP contribution in [0, 0.1) is 0 Å².